The Morgan fingerprint density at radius 3 is 2.59 bits per heavy atom. The molecule has 1 saturated carbocycles. The molecule has 0 spiro atoms. The van der Waals surface area contributed by atoms with Gasteiger partial charge in [0, 0.05) is 30.1 Å². The first kappa shape index (κ1) is 16.4. The van der Waals surface area contributed by atoms with Crippen LogP contribution in [-0.4, -0.2) is 11.9 Å². The fourth-order valence-corrected chi connectivity index (χ4v) is 5.10. The highest BCUT2D eigenvalue weighted by Gasteiger charge is 2.43. The highest BCUT2D eigenvalue weighted by molar-refractivity contribution is 5.83. The summed E-state index contributed by atoms with van der Waals surface area (Å²) in [6, 6.07) is 24.4. The number of carbonyl (C=O) groups excluding carboxylic acids is 1. The first-order valence-corrected chi connectivity index (χ1v) is 9.83. The van der Waals surface area contributed by atoms with Crippen molar-refractivity contribution in [2.75, 3.05) is 4.90 Å². The second kappa shape index (κ2) is 6.41. The molecule has 0 aromatic heterocycles. The molecular formula is C24H24N2O. The molecule has 0 bridgehead atoms. The molecule has 0 radical (unpaired) electrons. The molecule has 0 saturated heterocycles. The molecule has 3 aromatic rings. The topological polar surface area (TPSA) is 46.3 Å². The van der Waals surface area contributed by atoms with Gasteiger partial charge in [0.15, 0.2) is 0 Å². The van der Waals surface area contributed by atoms with Crippen LogP contribution in [0.5, 0.6) is 0 Å². The lowest BCUT2D eigenvalue weighted by Gasteiger charge is -2.36. The average molecular weight is 356 g/mol. The Hall–Kier alpha value is -2.81. The second-order valence-electron chi connectivity index (χ2n) is 7.95. The van der Waals surface area contributed by atoms with Crippen LogP contribution in [0.25, 0.3) is 10.8 Å². The summed E-state index contributed by atoms with van der Waals surface area (Å²) in [4.78, 5) is 14.3. The number of hydrogen-bond donors (Lipinski definition) is 1. The zero-order chi connectivity index (χ0) is 18.4. The van der Waals surface area contributed by atoms with Gasteiger partial charge in [-0.05, 0) is 53.3 Å². The van der Waals surface area contributed by atoms with E-state index in [4.69, 9.17) is 5.73 Å². The van der Waals surface area contributed by atoms with Crippen molar-refractivity contribution in [2.45, 2.75) is 37.8 Å². The maximum absolute atomic E-state index is 11.8. The maximum atomic E-state index is 11.8. The number of amides is 1. The van der Waals surface area contributed by atoms with Gasteiger partial charge < -0.3 is 10.6 Å². The van der Waals surface area contributed by atoms with E-state index < -0.39 is 0 Å². The number of benzene rings is 3. The monoisotopic (exact) mass is 356 g/mol. The van der Waals surface area contributed by atoms with Crippen LogP contribution in [0.4, 0.5) is 5.69 Å². The van der Waals surface area contributed by atoms with Crippen molar-refractivity contribution in [3.05, 3.63) is 77.9 Å². The summed E-state index contributed by atoms with van der Waals surface area (Å²) in [6.07, 6.45) is 2.81. The van der Waals surface area contributed by atoms with Gasteiger partial charge >= 0.3 is 0 Å². The normalized spacial score (nSPS) is 23.9. The number of nitrogens with two attached hydrogens (primary N) is 1. The molecule has 1 fully saturated rings. The quantitative estimate of drug-likeness (QED) is 0.746. The van der Waals surface area contributed by atoms with Gasteiger partial charge in [-0.15, -0.1) is 0 Å². The molecule has 3 unspecified atom stereocenters. The molecule has 2 aliphatic rings. The molecule has 1 heterocycles. The van der Waals surface area contributed by atoms with Gasteiger partial charge in [-0.2, -0.15) is 0 Å². The maximum Gasteiger partial charge on any atom is 0.220 e. The van der Waals surface area contributed by atoms with Crippen LogP contribution >= 0.6 is 0 Å². The van der Waals surface area contributed by atoms with Crippen LogP contribution in [0.1, 0.15) is 36.3 Å². The Kier molecular flexibility index (Phi) is 3.89. The molecule has 27 heavy (non-hydrogen) atoms. The molecular weight excluding hydrogens is 332 g/mol. The van der Waals surface area contributed by atoms with E-state index in [-0.39, 0.29) is 11.8 Å². The summed E-state index contributed by atoms with van der Waals surface area (Å²) in [6.45, 7) is 0.907. The number of anilines is 1. The number of carbonyl (C=O) groups is 1. The first-order valence-electron chi connectivity index (χ1n) is 9.83. The zero-order valence-electron chi connectivity index (χ0n) is 15.3. The van der Waals surface area contributed by atoms with Gasteiger partial charge in [0.2, 0.25) is 5.91 Å². The standard InChI is InChI=1S/C24H24N2O/c25-24(27)19-11-12-23-21(14-19)20-7-3-4-8-22(20)26(23)15-16-9-10-17-5-1-2-6-18(17)13-16/h1-10,13,19,21,23H,11-12,14-15H2,(H2,25,27). The Bertz CT molecular complexity index is 1010. The highest BCUT2D eigenvalue weighted by Crippen LogP contribution is 2.49. The van der Waals surface area contributed by atoms with Gasteiger partial charge in [-0.1, -0.05) is 54.6 Å². The molecule has 1 amide bonds. The van der Waals surface area contributed by atoms with E-state index in [1.165, 1.54) is 27.6 Å². The zero-order valence-corrected chi connectivity index (χ0v) is 15.3. The molecule has 136 valence electrons. The number of primary amides is 1. The molecule has 3 heteroatoms. The Morgan fingerprint density at radius 1 is 0.963 bits per heavy atom. The van der Waals surface area contributed by atoms with E-state index in [0.717, 1.165) is 25.8 Å². The lowest BCUT2D eigenvalue weighted by atomic mass is 9.76. The minimum absolute atomic E-state index is 0.0138. The largest absolute Gasteiger partial charge is 0.369 e. The Labute approximate surface area is 159 Å². The summed E-state index contributed by atoms with van der Waals surface area (Å²) in [5.41, 5.74) is 9.67. The number of para-hydroxylation sites is 1. The van der Waals surface area contributed by atoms with Crippen LogP contribution in [0.15, 0.2) is 66.7 Å². The van der Waals surface area contributed by atoms with Gasteiger partial charge in [0.05, 0.1) is 0 Å². The van der Waals surface area contributed by atoms with Gasteiger partial charge in [-0.3, -0.25) is 4.79 Å². The summed E-state index contributed by atoms with van der Waals surface area (Å²) < 4.78 is 0. The number of fused-ring (bicyclic) bond motifs is 4. The SMILES string of the molecule is NC(=O)C1CCC2C(C1)c1ccccc1N2Cc1ccc2ccccc2c1. The molecule has 1 aliphatic carbocycles. The third-order valence-corrected chi connectivity index (χ3v) is 6.43. The van der Waals surface area contributed by atoms with Crippen LogP contribution in [0.2, 0.25) is 0 Å². The number of hydrogen-bond acceptors (Lipinski definition) is 2. The molecule has 1 aliphatic heterocycles. The van der Waals surface area contributed by atoms with Gasteiger partial charge in [0.1, 0.15) is 0 Å². The lowest BCUT2D eigenvalue weighted by Crippen LogP contribution is -2.40. The summed E-state index contributed by atoms with van der Waals surface area (Å²) in [5, 5.41) is 2.57. The summed E-state index contributed by atoms with van der Waals surface area (Å²) >= 11 is 0. The van der Waals surface area contributed by atoms with E-state index in [1.54, 1.807) is 0 Å². The third kappa shape index (κ3) is 2.78. The van der Waals surface area contributed by atoms with Crippen molar-refractivity contribution in [1.29, 1.82) is 0 Å². The van der Waals surface area contributed by atoms with E-state index in [2.05, 4.69) is 71.6 Å². The third-order valence-electron chi connectivity index (χ3n) is 6.43. The lowest BCUT2D eigenvalue weighted by molar-refractivity contribution is -0.122. The van der Waals surface area contributed by atoms with Crippen LogP contribution < -0.4 is 10.6 Å². The summed E-state index contributed by atoms with van der Waals surface area (Å²) in [5.74, 6) is 0.284. The van der Waals surface area contributed by atoms with Crippen LogP contribution in [0, 0.1) is 5.92 Å². The molecule has 2 N–H and O–H groups in total. The van der Waals surface area contributed by atoms with E-state index in [0.29, 0.717) is 12.0 Å². The summed E-state index contributed by atoms with van der Waals surface area (Å²) in [7, 11) is 0. The average Bonchev–Trinajstić information content (AvgIpc) is 3.01. The predicted octanol–water partition coefficient (Wildman–Crippen LogP) is 4.60. The van der Waals surface area contributed by atoms with Crippen LogP contribution in [0.3, 0.4) is 0 Å². The second-order valence-corrected chi connectivity index (χ2v) is 7.95. The Balaban J connectivity index is 1.49. The number of nitrogens with zero attached hydrogens (tertiary/aromatic N) is 1. The fourth-order valence-electron chi connectivity index (χ4n) is 5.10. The minimum Gasteiger partial charge on any atom is -0.369 e. The Morgan fingerprint density at radius 2 is 1.74 bits per heavy atom. The van der Waals surface area contributed by atoms with Crippen molar-refractivity contribution in [3.63, 3.8) is 0 Å². The van der Waals surface area contributed by atoms with Gasteiger partial charge in [-0.25, -0.2) is 0 Å². The molecule has 3 nitrogen and oxygen atoms in total. The predicted molar refractivity (Wildman–Crippen MR) is 110 cm³/mol. The number of rotatable bonds is 3. The molecule has 3 atom stereocenters. The first-order chi connectivity index (χ1) is 13.2. The van der Waals surface area contributed by atoms with Crippen molar-refractivity contribution < 1.29 is 4.79 Å². The fraction of sp³-hybridized carbons (Fsp3) is 0.292. The molecule has 5 rings (SSSR count). The van der Waals surface area contributed by atoms with Crippen molar-refractivity contribution >= 4 is 22.4 Å². The minimum atomic E-state index is -0.140. The van der Waals surface area contributed by atoms with E-state index in [1.807, 2.05) is 0 Å². The highest BCUT2D eigenvalue weighted by atomic mass is 16.1. The van der Waals surface area contributed by atoms with E-state index in [9.17, 15) is 4.79 Å². The molecule has 3 aromatic carbocycles. The van der Waals surface area contributed by atoms with Gasteiger partial charge in [0.25, 0.3) is 0 Å². The van der Waals surface area contributed by atoms with Crippen molar-refractivity contribution in [2.24, 2.45) is 11.7 Å². The van der Waals surface area contributed by atoms with E-state index >= 15 is 0 Å². The van der Waals surface area contributed by atoms with Crippen molar-refractivity contribution in [1.82, 2.24) is 0 Å². The smallest absolute Gasteiger partial charge is 0.220 e. The van der Waals surface area contributed by atoms with Crippen molar-refractivity contribution in [3.8, 4) is 0 Å². The van der Waals surface area contributed by atoms with Crippen LogP contribution in [-0.2, 0) is 11.3 Å².